The zero-order chi connectivity index (χ0) is 11.1. The van der Waals surface area contributed by atoms with Crippen LogP contribution in [0, 0.1) is 5.92 Å². The average molecular weight is 223 g/mol. The third-order valence-corrected chi connectivity index (χ3v) is 3.53. The van der Waals surface area contributed by atoms with E-state index in [9.17, 15) is 4.79 Å². The number of aromatic nitrogens is 1. The van der Waals surface area contributed by atoms with Gasteiger partial charge in [0, 0.05) is 16.7 Å². The molecule has 1 aliphatic carbocycles. The van der Waals surface area contributed by atoms with E-state index >= 15 is 0 Å². The van der Waals surface area contributed by atoms with Crippen molar-refractivity contribution >= 4 is 17.1 Å². The Labute approximate surface area is 94.7 Å². The Morgan fingerprint density at radius 3 is 2.67 bits per heavy atom. The molecule has 0 saturated heterocycles. The molecule has 3 heteroatoms. The van der Waals surface area contributed by atoms with Crippen molar-refractivity contribution in [2.24, 2.45) is 5.92 Å². The summed E-state index contributed by atoms with van der Waals surface area (Å²) < 4.78 is 0. The maximum atomic E-state index is 11.6. The Morgan fingerprint density at radius 1 is 1.53 bits per heavy atom. The summed E-state index contributed by atoms with van der Waals surface area (Å²) >= 11 is 1.62. The van der Waals surface area contributed by atoms with E-state index in [0.29, 0.717) is 18.1 Å². The van der Waals surface area contributed by atoms with Gasteiger partial charge in [0.2, 0.25) is 0 Å². The molecule has 0 bridgehead atoms. The maximum absolute atomic E-state index is 11.6. The fourth-order valence-electron chi connectivity index (χ4n) is 1.44. The Kier molecular flexibility index (Phi) is 2.67. The maximum Gasteiger partial charge on any atom is 0.142 e. The van der Waals surface area contributed by atoms with Crippen LogP contribution in [0.5, 0.6) is 0 Å². The fourth-order valence-corrected chi connectivity index (χ4v) is 2.47. The molecule has 0 amide bonds. The van der Waals surface area contributed by atoms with Gasteiger partial charge in [0.25, 0.3) is 0 Å². The molecular formula is C12H17NOS. The Bertz CT molecular complexity index is 371. The molecule has 0 unspecified atom stereocenters. The molecule has 15 heavy (non-hydrogen) atoms. The number of Topliss-reactive ketones (excluding diaryl/α,β-unsaturated/α-hetero) is 1. The third-order valence-electron chi connectivity index (χ3n) is 2.68. The molecule has 0 N–H and O–H groups in total. The zero-order valence-electron chi connectivity index (χ0n) is 9.54. The molecule has 0 aromatic carbocycles. The van der Waals surface area contributed by atoms with Crippen LogP contribution < -0.4 is 0 Å². The third kappa shape index (κ3) is 2.65. The van der Waals surface area contributed by atoms with Crippen molar-refractivity contribution in [1.82, 2.24) is 4.98 Å². The molecule has 0 radical (unpaired) electrons. The van der Waals surface area contributed by atoms with E-state index in [0.717, 1.165) is 23.5 Å². The molecule has 2 nitrogen and oxygen atoms in total. The topological polar surface area (TPSA) is 30.0 Å². The van der Waals surface area contributed by atoms with Gasteiger partial charge in [-0.3, -0.25) is 4.79 Å². The summed E-state index contributed by atoms with van der Waals surface area (Å²) in [6.07, 6.45) is 2.73. The Morgan fingerprint density at radius 2 is 2.20 bits per heavy atom. The van der Waals surface area contributed by atoms with Gasteiger partial charge in [-0.25, -0.2) is 4.98 Å². The van der Waals surface area contributed by atoms with Crippen molar-refractivity contribution in [2.45, 2.75) is 45.4 Å². The summed E-state index contributed by atoms with van der Waals surface area (Å²) in [4.78, 5) is 16.1. The number of carbonyl (C=O) groups excluding carboxylic acids is 1. The van der Waals surface area contributed by atoms with E-state index in [4.69, 9.17) is 0 Å². The lowest BCUT2D eigenvalue weighted by Gasteiger charge is -2.14. The van der Waals surface area contributed by atoms with E-state index < -0.39 is 0 Å². The number of thiazole rings is 1. The lowest BCUT2D eigenvalue weighted by atomic mass is 9.93. The van der Waals surface area contributed by atoms with Gasteiger partial charge in [-0.15, -0.1) is 11.3 Å². The van der Waals surface area contributed by atoms with E-state index in [1.165, 1.54) is 0 Å². The van der Waals surface area contributed by atoms with Crippen molar-refractivity contribution in [3.05, 3.63) is 16.1 Å². The van der Waals surface area contributed by atoms with Crippen LogP contribution in [-0.4, -0.2) is 10.8 Å². The molecule has 0 aliphatic heterocycles. The largest absolute Gasteiger partial charge is 0.299 e. The fraction of sp³-hybridized carbons (Fsp3) is 0.667. The first kappa shape index (κ1) is 10.8. The molecule has 1 saturated carbocycles. The van der Waals surface area contributed by atoms with E-state index in [1.807, 2.05) is 0 Å². The summed E-state index contributed by atoms with van der Waals surface area (Å²) in [6, 6.07) is 0. The van der Waals surface area contributed by atoms with Crippen LogP contribution in [0.15, 0.2) is 5.38 Å². The molecule has 1 fully saturated rings. The van der Waals surface area contributed by atoms with Crippen molar-refractivity contribution in [3.8, 4) is 0 Å². The second-order valence-electron chi connectivity index (χ2n) is 5.29. The summed E-state index contributed by atoms with van der Waals surface area (Å²) in [6.45, 7) is 6.44. The van der Waals surface area contributed by atoms with Gasteiger partial charge in [0.1, 0.15) is 10.8 Å². The molecule has 2 rings (SSSR count). The van der Waals surface area contributed by atoms with Crippen molar-refractivity contribution in [1.29, 1.82) is 0 Å². The van der Waals surface area contributed by atoms with Gasteiger partial charge in [0.05, 0.1) is 12.1 Å². The van der Waals surface area contributed by atoms with Gasteiger partial charge < -0.3 is 0 Å². The molecule has 1 aromatic heterocycles. The number of nitrogens with zero attached hydrogens (tertiary/aromatic N) is 1. The summed E-state index contributed by atoms with van der Waals surface area (Å²) in [5.41, 5.74) is 1.20. The van der Waals surface area contributed by atoms with Crippen molar-refractivity contribution < 1.29 is 4.79 Å². The van der Waals surface area contributed by atoms with Crippen LogP contribution in [0.1, 0.15) is 44.3 Å². The lowest BCUT2D eigenvalue weighted by molar-refractivity contribution is -0.119. The SMILES string of the molecule is CC(C)(C)c1csc(CC(=O)C2CC2)n1. The first-order valence-electron chi connectivity index (χ1n) is 5.44. The molecule has 1 aromatic rings. The minimum Gasteiger partial charge on any atom is -0.299 e. The van der Waals surface area contributed by atoms with E-state index in [2.05, 4.69) is 31.1 Å². The predicted molar refractivity (Wildman–Crippen MR) is 62.2 cm³/mol. The van der Waals surface area contributed by atoms with Gasteiger partial charge in [-0.1, -0.05) is 20.8 Å². The number of ketones is 1. The number of hydrogen-bond acceptors (Lipinski definition) is 3. The standard InChI is InChI=1S/C12H17NOS/c1-12(2,3)10-7-15-11(13-10)6-9(14)8-4-5-8/h7-8H,4-6H2,1-3H3. The molecule has 82 valence electrons. The van der Waals surface area contributed by atoms with E-state index in [-0.39, 0.29) is 5.41 Å². The van der Waals surface area contributed by atoms with Crippen molar-refractivity contribution in [2.75, 3.05) is 0 Å². The number of hydrogen-bond donors (Lipinski definition) is 0. The molecule has 1 aliphatic rings. The predicted octanol–water partition coefficient (Wildman–Crippen LogP) is 2.96. The molecule has 1 heterocycles. The monoisotopic (exact) mass is 223 g/mol. The Balaban J connectivity index is 2.03. The molecule has 0 atom stereocenters. The number of carbonyl (C=O) groups is 1. The second-order valence-corrected chi connectivity index (χ2v) is 6.24. The van der Waals surface area contributed by atoms with Crippen LogP contribution >= 0.6 is 11.3 Å². The lowest BCUT2D eigenvalue weighted by Crippen LogP contribution is -2.12. The zero-order valence-corrected chi connectivity index (χ0v) is 10.4. The second kappa shape index (κ2) is 3.71. The smallest absolute Gasteiger partial charge is 0.142 e. The minimum atomic E-state index is 0.0946. The van der Waals surface area contributed by atoms with Crippen LogP contribution in [0.2, 0.25) is 0 Å². The first-order chi connectivity index (χ1) is 6.97. The molecule has 0 spiro atoms. The van der Waals surface area contributed by atoms with Gasteiger partial charge in [0.15, 0.2) is 0 Å². The Hall–Kier alpha value is -0.700. The summed E-state index contributed by atoms with van der Waals surface area (Å²) in [5, 5.41) is 3.06. The minimum absolute atomic E-state index is 0.0946. The highest BCUT2D eigenvalue weighted by Crippen LogP contribution is 2.32. The summed E-state index contributed by atoms with van der Waals surface area (Å²) in [7, 11) is 0. The highest BCUT2D eigenvalue weighted by atomic mass is 32.1. The molecular weight excluding hydrogens is 206 g/mol. The van der Waals surface area contributed by atoms with E-state index in [1.54, 1.807) is 11.3 Å². The quantitative estimate of drug-likeness (QED) is 0.788. The first-order valence-corrected chi connectivity index (χ1v) is 6.32. The normalized spacial score (nSPS) is 16.7. The highest BCUT2D eigenvalue weighted by Gasteiger charge is 2.30. The highest BCUT2D eigenvalue weighted by molar-refractivity contribution is 7.09. The number of rotatable bonds is 3. The van der Waals surface area contributed by atoms with Gasteiger partial charge in [-0.05, 0) is 12.8 Å². The summed E-state index contributed by atoms with van der Waals surface area (Å²) in [5.74, 6) is 0.733. The van der Waals surface area contributed by atoms with Crippen LogP contribution in [0.4, 0.5) is 0 Å². The van der Waals surface area contributed by atoms with Crippen LogP contribution in [0.25, 0.3) is 0 Å². The van der Waals surface area contributed by atoms with Gasteiger partial charge in [-0.2, -0.15) is 0 Å². The van der Waals surface area contributed by atoms with Crippen LogP contribution in [-0.2, 0) is 16.6 Å². The van der Waals surface area contributed by atoms with Crippen LogP contribution in [0.3, 0.4) is 0 Å². The van der Waals surface area contributed by atoms with Gasteiger partial charge >= 0.3 is 0 Å². The van der Waals surface area contributed by atoms with Crippen molar-refractivity contribution in [3.63, 3.8) is 0 Å². The average Bonchev–Trinajstić information content (AvgIpc) is 2.86.